The molecule has 9 heteroatoms. The van der Waals surface area contributed by atoms with Gasteiger partial charge in [0.25, 0.3) is 11.6 Å². The molecule has 2 N–H and O–H groups in total. The second kappa shape index (κ2) is 9.15. The molecule has 3 rings (SSSR count). The number of fused-ring (bicyclic) bond motifs is 1. The van der Waals surface area contributed by atoms with Crippen molar-refractivity contribution in [3.8, 4) is 6.07 Å². The number of rotatable bonds is 7. The standard InChI is InChI=1S/C21H18N4O4S/c1-13(11-22)23-21(27)17(10-14-12-30-19-9-5-3-6-15(14)19)24-20(26)16-7-2-4-8-18(16)25(28)29/h2-9,12-13,17H,10H2,1H3,(H,23,27)(H,24,26). The van der Waals surface area contributed by atoms with E-state index in [1.165, 1.54) is 42.5 Å². The number of nitriles is 1. The maximum Gasteiger partial charge on any atom is 0.282 e. The third-order valence-electron chi connectivity index (χ3n) is 4.50. The molecule has 0 aliphatic rings. The van der Waals surface area contributed by atoms with Gasteiger partial charge in [0.15, 0.2) is 0 Å². The third kappa shape index (κ3) is 4.61. The summed E-state index contributed by atoms with van der Waals surface area (Å²) >= 11 is 1.52. The summed E-state index contributed by atoms with van der Waals surface area (Å²) in [6.45, 7) is 1.53. The Morgan fingerprint density at radius 2 is 1.87 bits per heavy atom. The van der Waals surface area contributed by atoms with Crippen LogP contribution in [0.25, 0.3) is 10.1 Å². The molecule has 2 aromatic carbocycles. The fourth-order valence-corrected chi connectivity index (χ4v) is 4.00. The minimum absolute atomic E-state index is 0.135. The van der Waals surface area contributed by atoms with Crippen LogP contribution in [0.2, 0.25) is 0 Å². The first-order valence-corrected chi connectivity index (χ1v) is 9.98. The molecule has 0 fully saturated rings. The van der Waals surface area contributed by atoms with Crippen LogP contribution in [-0.4, -0.2) is 28.8 Å². The topological polar surface area (TPSA) is 125 Å². The number of carbonyl (C=O) groups excluding carboxylic acids is 2. The number of amides is 2. The first-order chi connectivity index (χ1) is 14.4. The zero-order chi connectivity index (χ0) is 21.7. The van der Waals surface area contributed by atoms with Crippen LogP contribution in [0.4, 0.5) is 5.69 Å². The average molecular weight is 422 g/mol. The first kappa shape index (κ1) is 21.0. The van der Waals surface area contributed by atoms with Crippen LogP contribution in [0.1, 0.15) is 22.8 Å². The van der Waals surface area contributed by atoms with E-state index in [0.29, 0.717) is 0 Å². The third-order valence-corrected chi connectivity index (χ3v) is 5.52. The normalized spacial score (nSPS) is 12.5. The number of hydrogen-bond acceptors (Lipinski definition) is 6. The van der Waals surface area contributed by atoms with Gasteiger partial charge < -0.3 is 10.6 Å². The molecule has 0 radical (unpaired) electrons. The Morgan fingerprint density at radius 3 is 2.60 bits per heavy atom. The Hall–Kier alpha value is -3.77. The van der Waals surface area contributed by atoms with Crippen molar-refractivity contribution < 1.29 is 14.5 Å². The van der Waals surface area contributed by atoms with Crippen molar-refractivity contribution in [2.75, 3.05) is 0 Å². The highest BCUT2D eigenvalue weighted by Crippen LogP contribution is 2.27. The molecule has 0 saturated carbocycles. The Labute approximate surface area is 176 Å². The first-order valence-electron chi connectivity index (χ1n) is 9.10. The van der Waals surface area contributed by atoms with Crippen LogP contribution < -0.4 is 10.6 Å². The molecule has 3 aromatic rings. The van der Waals surface area contributed by atoms with Gasteiger partial charge in [0.2, 0.25) is 5.91 Å². The van der Waals surface area contributed by atoms with Gasteiger partial charge in [0, 0.05) is 17.2 Å². The van der Waals surface area contributed by atoms with Gasteiger partial charge in [-0.25, -0.2) is 0 Å². The molecule has 2 atom stereocenters. The molecule has 0 bridgehead atoms. The fraction of sp³-hybridized carbons (Fsp3) is 0.190. The van der Waals surface area contributed by atoms with E-state index in [1.807, 2.05) is 35.7 Å². The Balaban J connectivity index is 1.90. The molecule has 2 amide bonds. The number of benzene rings is 2. The van der Waals surface area contributed by atoms with Crippen LogP contribution in [0.3, 0.4) is 0 Å². The SMILES string of the molecule is CC(C#N)NC(=O)C(Cc1csc2ccccc12)NC(=O)c1ccccc1[N+](=O)[O-]. The molecule has 8 nitrogen and oxygen atoms in total. The molecule has 0 saturated heterocycles. The molecule has 152 valence electrons. The zero-order valence-electron chi connectivity index (χ0n) is 16.0. The van der Waals surface area contributed by atoms with Crippen LogP contribution in [0, 0.1) is 21.4 Å². The molecule has 0 spiro atoms. The number of nitrogens with zero attached hydrogens (tertiary/aromatic N) is 2. The summed E-state index contributed by atoms with van der Waals surface area (Å²) < 4.78 is 1.04. The van der Waals surface area contributed by atoms with Crippen molar-refractivity contribution in [1.82, 2.24) is 10.6 Å². The lowest BCUT2D eigenvalue weighted by Crippen LogP contribution is -2.50. The lowest BCUT2D eigenvalue weighted by atomic mass is 10.0. The van der Waals surface area contributed by atoms with Crippen molar-refractivity contribution in [2.45, 2.75) is 25.4 Å². The predicted molar refractivity (Wildman–Crippen MR) is 113 cm³/mol. The Kier molecular flexibility index (Phi) is 6.39. The van der Waals surface area contributed by atoms with E-state index in [0.717, 1.165) is 15.6 Å². The lowest BCUT2D eigenvalue weighted by Gasteiger charge is -2.19. The van der Waals surface area contributed by atoms with Crippen molar-refractivity contribution in [1.29, 1.82) is 5.26 Å². The van der Waals surface area contributed by atoms with Gasteiger partial charge in [-0.1, -0.05) is 30.3 Å². The van der Waals surface area contributed by atoms with Gasteiger partial charge in [-0.3, -0.25) is 19.7 Å². The minimum Gasteiger partial charge on any atom is -0.340 e. The second-order valence-corrected chi connectivity index (χ2v) is 7.53. The van der Waals surface area contributed by atoms with Crippen molar-refractivity contribution in [2.24, 2.45) is 0 Å². The maximum atomic E-state index is 12.8. The Morgan fingerprint density at radius 1 is 1.17 bits per heavy atom. The summed E-state index contributed by atoms with van der Waals surface area (Å²) in [5.74, 6) is -1.27. The fourth-order valence-electron chi connectivity index (χ4n) is 3.03. The number of nitrogens with one attached hydrogen (secondary N) is 2. The highest BCUT2D eigenvalue weighted by atomic mass is 32.1. The molecular formula is C21H18N4O4S. The van der Waals surface area contributed by atoms with E-state index in [2.05, 4.69) is 10.6 Å². The molecule has 0 aliphatic carbocycles. The van der Waals surface area contributed by atoms with Crippen LogP contribution in [0.5, 0.6) is 0 Å². The number of para-hydroxylation sites is 1. The van der Waals surface area contributed by atoms with Gasteiger partial charge in [-0.05, 0) is 35.4 Å². The lowest BCUT2D eigenvalue weighted by molar-refractivity contribution is -0.385. The summed E-state index contributed by atoms with van der Waals surface area (Å²) in [6, 6.07) is 13.4. The molecular weight excluding hydrogens is 404 g/mol. The van der Waals surface area contributed by atoms with E-state index in [1.54, 1.807) is 0 Å². The van der Waals surface area contributed by atoms with E-state index in [-0.39, 0.29) is 17.7 Å². The van der Waals surface area contributed by atoms with Crippen molar-refractivity contribution >= 4 is 38.9 Å². The number of hydrogen-bond donors (Lipinski definition) is 2. The van der Waals surface area contributed by atoms with Crippen LogP contribution in [0.15, 0.2) is 53.9 Å². The van der Waals surface area contributed by atoms with Crippen molar-refractivity contribution in [3.05, 3.63) is 75.2 Å². The summed E-state index contributed by atoms with van der Waals surface area (Å²) in [7, 11) is 0. The minimum atomic E-state index is -1.01. The van der Waals surface area contributed by atoms with E-state index in [4.69, 9.17) is 5.26 Å². The van der Waals surface area contributed by atoms with Crippen molar-refractivity contribution in [3.63, 3.8) is 0 Å². The summed E-state index contributed by atoms with van der Waals surface area (Å²) in [6.07, 6.45) is 0.181. The zero-order valence-corrected chi connectivity index (χ0v) is 16.8. The van der Waals surface area contributed by atoms with Gasteiger partial charge in [0.05, 0.1) is 11.0 Å². The summed E-state index contributed by atoms with van der Waals surface area (Å²) in [5.41, 5.74) is 0.382. The van der Waals surface area contributed by atoms with E-state index >= 15 is 0 Å². The summed E-state index contributed by atoms with van der Waals surface area (Å²) in [4.78, 5) is 36.1. The summed E-state index contributed by atoms with van der Waals surface area (Å²) in [5, 5.41) is 28.3. The monoisotopic (exact) mass is 422 g/mol. The second-order valence-electron chi connectivity index (χ2n) is 6.62. The molecule has 0 aliphatic heterocycles. The van der Waals surface area contributed by atoms with E-state index in [9.17, 15) is 19.7 Å². The van der Waals surface area contributed by atoms with Gasteiger partial charge >= 0.3 is 0 Å². The Bertz CT molecular complexity index is 1150. The van der Waals surface area contributed by atoms with Gasteiger partial charge in [-0.2, -0.15) is 5.26 Å². The van der Waals surface area contributed by atoms with Crippen LogP contribution >= 0.6 is 11.3 Å². The van der Waals surface area contributed by atoms with Crippen LogP contribution in [-0.2, 0) is 11.2 Å². The number of nitro groups is 1. The van der Waals surface area contributed by atoms with E-state index < -0.39 is 28.8 Å². The highest BCUT2D eigenvalue weighted by Gasteiger charge is 2.27. The smallest absolute Gasteiger partial charge is 0.282 e. The molecule has 2 unspecified atom stereocenters. The largest absolute Gasteiger partial charge is 0.340 e. The number of carbonyl (C=O) groups is 2. The predicted octanol–water partition coefficient (Wildman–Crippen LogP) is 3.18. The number of thiophene rings is 1. The number of nitro benzene ring substituents is 1. The van der Waals surface area contributed by atoms with Gasteiger partial charge in [-0.15, -0.1) is 11.3 Å². The molecule has 30 heavy (non-hydrogen) atoms. The quantitative estimate of drug-likeness (QED) is 0.447. The molecule has 1 aromatic heterocycles. The van der Waals surface area contributed by atoms with Gasteiger partial charge in [0.1, 0.15) is 17.6 Å². The average Bonchev–Trinajstić information content (AvgIpc) is 3.15. The maximum absolute atomic E-state index is 12.8. The highest BCUT2D eigenvalue weighted by molar-refractivity contribution is 7.17. The molecule has 1 heterocycles.